The number of aliphatic carboxylic acids is 1. The summed E-state index contributed by atoms with van der Waals surface area (Å²) in [5, 5.41) is 28.6. The van der Waals surface area contributed by atoms with Crippen LogP contribution in [0.2, 0.25) is 0 Å². The molecule has 0 aliphatic rings. The van der Waals surface area contributed by atoms with E-state index in [4.69, 9.17) is 9.47 Å². The predicted octanol–water partition coefficient (Wildman–Crippen LogP) is 2.35. The molecule has 192 valence electrons. The van der Waals surface area contributed by atoms with Crippen LogP contribution in [0.25, 0.3) is 22.2 Å². The summed E-state index contributed by atoms with van der Waals surface area (Å²) < 4.78 is 11.3. The summed E-state index contributed by atoms with van der Waals surface area (Å²) in [7, 11) is 3.05. The van der Waals surface area contributed by atoms with Crippen molar-refractivity contribution in [1.29, 1.82) is 0 Å². The van der Waals surface area contributed by atoms with Gasteiger partial charge in [0.25, 0.3) is 5.56 Å². The molecule has 0 saturated heterocycles. The van der Waals surface area contributed by atoms with Crippen molar-refractivity contribution in [2.75, 3.05) is 14.2 Å². The molecule has 2 N–H and O–H groups in total. The zero-order chi connectivity index (χ0) is 26.4. The lowest BCUT2D eigenvalue weighted by Crippen LogP contribution is -2.32. The van der Waals surface area contributed by atoms with E-state index in [2.05, 4.69) is 20.3 Å². The smallest absolute Gasteiger partial charge is 0.309 e. The summed E-state index contributed by atoms with van der Waals surface area (Å²) in [4.78, 5) is 33.3. The molecule has 3 aromatic heterocycles. The number of aliphatic hydroxyl groups excluding tert-OH is 1. The average Bonchev–Trinajstić information content (AvgIpc) is 2.93. The van der Waals surface area contributed by atoms with Crippen molar-refractivity contribution in [3.8, 4) is 22.9 Å². The quantitative estimate of drug-likeness (QED) is 0.311. The third-order valence-corrected chi connectivity index (χ3v) is 6.16. The first-order valence-electron chi connectivity index (χ1n) is 11.7. The molecule has 0 aliphatic heterocycles. The van der Waals surface area contributed by atoms with E-state index < -0.39 is 23.6 Å². The van der Waals surface area contributed by atoms with E-state index in [1.54, 1.807) is 43.8 Å². The summed E-state index contributed by atoms with van der Waals surface area (Å²) in [6, 6.07) is 12.2. The molecular weight excluding hydrogens is 478 g/mol. The minimum atomic E-state index is -1.14. The van der Waals surface area contributed by atoms with E-state index in [1.165, 1.54) is 7.11 Å². The Morgan fingerprint density at radius 3 is 2.51 bits per heavy atom. The number of fused-ring (bicyclic) bond motifs is 1. The molecule has 0 fully saturated rings. The van der Waals surface area contributed by atoms with Gasteiger partial charge in [0.05, 0.1) is 37.3 Å². The van der Waals surface area contributed by atoms with E-state index >= 15 is 0 Å². The van der Waals surface area contributed by atoms with Crippen molar-refractivity contribution in [2.45, 2.75) is 31.9 Å². The number of rotatable bonds is 11. The lowest BCUT2D eigenvalue weighted by atomic mass is 9.93. The Labute approximate surface area is 212 Å². The van der Waals surface area contributed by atoms with E-state index in [9.17, 15) is 19.8 Å². The largest absolute Gasteiger partial charge is 0.497 e. The number of hydrogen-bond donors (Lipinski definition) is 2. The molecule has 0 radical (unpaired) electrons. The van der Waals surface area contributed by atoms with Crippen LogP contribution in [0.15, 0.2) is 59.7 Å². The highest BCUT2D eigenvalue weighted by Gasteiger charge is 2.26. The number of carbonyl (C=O) groups is 1. The fraction of sp³-hybridized carbons (Fsp3) is 0.308. The van der Waals surface area contributed by atoms with Crippen LogP contribution in [0.4, 0.5) is 0 Å². The van der Waals surface area contributed by atoms with Crippen LogP contribution in [0.1, 0.15) is 18.4 Å². The Morgan fingerprint density at radius 1 is 1.03 bits per heavy atom. The number of pyridine rings is 2. The lowest BCUT2D eigenvalue weighted by Gasteiger charge is -2.19. The third kappa shape index (κ3) is 6.07. The van der Waals surface area contributed by atoms with Crippen molar-refractivity contribution in [2.24, 2.45) is 5.92 Å². The molecule has 37 heavy (non-hydrogen) atoms. The maximum Gasteiger partial charge on any atom is 0.309 e. The van der Waals surface area contributed by atoms with Crippen LogP contribution >= 0.6 is 0 Å². The van der Waals surface area contributed by atoms with E-state index in [1.807, 2.05) is 18.2 Å². The van der Waals surface area contributed by atoms with E-state index in [-0.39, 0.29) is 19.4 Å². The van der Waals surface area contributed by atoms with Gasteiger partial charge in [-0.2, -0.15) is 0 Å². The Balaban J connectivity index is 1.38. The zero-order valence-corrected chi connectivity index (χ0v) is 20.4. The number of methoxy groups -OCH3 is 2. The molecule has 0 bridgehead atoms. The molecule has 4 rings (SSSR count). The van der Waals surface area contributed by atoms with Gasteiger partial charge in [-0.25, -0.2) is 9.67 Å². The van der Waals surface area contributed by atoms with Crippen molar-refractivity contribution in [1.82, 2.24) is 25.0 Å². The highest BCUT2D eigenvalue weighted by molar-refractivity contribution is 5.78. The Kier molecular flexibility index (Phi) is 8.04. The van der Waals surface area contributed by atoms with Crippen LogP contribution in [-0.4, -0.2) is 61.5 Å². The second-order valence-corrected chi connectivity index (χ2v) is 8.48. The Hall–Kier alpha value is -4.38. The second-order valence-electron chi connectivity index (χ2n) is 8.48. The first kappa shape index (κ1) is 25.7. The maximum atomic E-state index is 12.8. The number of nitrogens with zero attached hydrogens (tertiary/aromatic N) is 5. The monoisotopic (exact) mass is 505 g/mol. The van der Waals surface area contributed by atoms with Crippen LogP contribution < -0.4 is 15.0 Å². The lowest BCUT2D eigenvalue weighted by molar-refractivity contribution is -0.146. The van der Waals surface area contributed by atoms with Crippen molar-refractivity contribution >= 4 is 16.9 Å². The number of ether oxygens (including phenoxy) is 2. The van der Waals surface area contributed by atoms with Gasteiger partial charge in [0.15, 0.2) is 0 Å². The molecule has 0 spiro atoms. The van der Waals surface area contributed by atoms with Crippen molar-refractivity contribution in [3.63, 3.8) is 0 Å². The zero-order valence-electron chi connectivity index (χ0n) is 20.4. The molecule has 11 nitrogen and oxygen atoms in total. The van der Waals surface area contributed by atoms with E-state index in [0.717, 1.165) is 21.5 Å². The fourth-order valence-corrected chi connectivity index (χ4v) is 3.98. The van der Waals surface area contributed by atoms with Gasteiger partial charge in [-0.3, -0.25) is 14.6 Å². The summed E-state index contributed by atoms with van der Waals surface area (Å²) in [6.07, 6.45) is 2.92. The van der Waals surface area contributed by atoms with Crippen molar-refractivity contribution in [3.05, 3.63) is 70.8 Å². The van der Waals surface area contributed by atoms with Gasteiger partial charge in [-0.15, -0.1) is 5.10 Å². The first-order valence-corrected chi connectivity index (χ1v) is 11.7. The highest BCUT2D eigenvalue weighted by Crippen LogP contribution is 2.21. The maximum absolute atomic E-state index is 12.8. The third-order valence-electron chi connectivity index (χ3n) is 6.16. The topological polar surface area (TPSA) is 150 Å². The minimum Gasteiger partial charge on any atom is -0.497 e. The molecule has 0 saturated carbocycles. The summed E-state index contributed by atoms with van der Waals surface area (Å²) in [5.41, 5.74) is 2.45. The van der Waals surface area contributed by atoms with E-state index in [0.29, 0.717) is 29.0 Å². The van der Waals surface area contributed by atoms with Gasteiger partial charge in [0, 0.05) is 30.6 Å². The molecule has 11 heteroatoms. The Morgan fingerprint density at radius 2 is 1.86 bits per heavy atom. The second kappa shape index (κ2) is 11.6. The van der Waals surface area contributed by atoms with Gasteiger partial charge in [0.1, 0.15) is 11.3 Å². The molecule has 0 amide bonds. The molecule has 0 aliphatic carbocycles. The number of aryl methyl sites for hydroxylation is 2. The number of aromatic nitrogens is 5. The molecule has 4 aromatic rings. The van der Waals surface area contributed by atoms with Crippen LogP contribution in [-0.2, 0) is 17.8 Å². The number of aliphatic hydroxyl groups is 1. The summed E-state index contributed by atoms with van der Waals surface area (Å²) in [5.74, 6) is -1.20. The normalized spacial score (nSPS) is 12.7. The van der Waals surface area contributed by atoms with Gasteiger partial charge >= 0.3 is 5.97 Å². The molecule has 3 heterocycles. The van der Waals surface area contributed by atoms with Crippen LogP contribution in [0, 0.1) is 5.92 Å². The number of carboxylic acids is 1. The van der Waals surface area contributed by atoms with Gasteiger partial charge in [-0.1, -0.05) is 11.3 Å². The molecule has 2 atom stereocenters. The van der Waals surface area contributed by atoms with Crippen molar-refractivity contribution < 1.29 is 24.5 Å². The average molecular weight is 506 g/mol. The molecule has 0 unspecified atom stereocenters. The fourth-order valence-electron chi connectivity index (χ4n) is 3.98. The Bertz CT molecular complexity index is 1420. The summed E-state index contributed by atoms with van der Waals surface area (Å²) >= 11 is 0. The van der Waals surface area contributed by atoms with Gasteiger partial charge < -0.3 is 19.7 Å². The van der Waals surface area contributed by atoms with Gasteiger partial charge in [0.2, 0.25) is 5.88 Å². The first-order chi connectivity index (χ1) is 17.9. The van der Waals surface area contributed by atoms with Gasteiger partial charge in [-0.05, 0) is 55.2 Å². The van der Waals surface area contributed by atoms with Crippen LogP contribution in [0.5, 0.6) is 11.6 Å². The number of benzene rings is 1. The molecule has 1 aromatic carbocycles. The number of carboxylic acid groups (broad SMARTS) is 1. The van der Waals surface area contributed by atoms with Crippen LogP contribution in [0.3, 0.4) is 0 Å². The number of hydrogen-bond acceptors (Lipinski definition) is 9. The SMILES string of the molecule is COc1ccc2nnn(CC[C@H](C(=O)O)[C@H](O)CCc3ccc(-c4ccc(OC)nc4)nc3)c(=O)c2c1. The summed E-state index contributed by atoms with van der Waals surface area (Å²) in [6.45, 7) is -0.000834. The molecular formula is C26H27N5O6. The predicted molar refractivity (Wildman–Crippen MR) is 134 cm³/mol. The standard InChI is InChI=1S/C26H27N5O6/c1-36-18-6-8-22-20(13-18)25(33)31(30-29-22)12-11-19(26(34)35)23(32)9-4-16-3-7-21(27-14-16)17-5-10-24(37-2)28-15-17/h3,5-8,10,13-15,19,23,32H,4,9,11-12H2,1-2H3,(H,34,35)/t19-,23+/m0/s1. The highest BCUT2D eigenvalue weighted by atomic mass is 16.5. The minimum absolute atomic E-state index is 0.000834.